The molecule has 0 saturated heterocycles. The van der Waals surface area contributed by atoms with Gasteiger partial charge in [0.25, 0.3) is 0 Å². The number of hydrogen-bond acceptors (Lipinski definition) is 8. The predicted molar refractivity (Wildman–Crippen MR) is 187 cm³/mol. The second kappa shape index (κ2) is 14.3. The SMILES string of the molecule is CCCCc1nc2c(NC(=O)OC(C)(C)C)nc3cc(Cc4cccc(CNC)c4)ccc3c2n1CC(C)(C)OC(=O)OC(C)(C)C. The highest BCUT2D eigenvalue weighted by molar-refractivity contribution is 6.09. The molecule has 47 heavy (non-hydrogen) atoms. The molecule has 0 fully saturated rings. The Bertz CT molecular complexity index is 1730. The van der Waals surface area contributed by atoms with Crippen molar-refractivity contribution in [2.75, 3.05) is 12.4 Å². The Labute approximate surface area is 278 Å². The van der Waals surface area contributed by atoms with Crippen LogP contribution in [-0.2, 0) is 40.1 Å². The molecule has 4 aromatic rings. The van der Waals surface area contributed by atoms with E-state index in [4.69, 9.17) is 24.2 Å². The minimum absolute atomic E-state index is 0.312. The zero-order chi connectivity index (χ0) is 34.6. The molecule has 2 heterocycles. The molecular weight excluding hydrogens is 594 g/mol. The standard InChI is InChI=1S/C37H51N5O5/c1-11-12-16-29-40-30-31(42(29)23-37(8,9)47-34(44)46-36(5,6)7)27-18-17-25(19-24-14-13-15-26(20-24)22-38-10)21-28(27)39-32(30)41-33(43)45-35(2,3)4/h13-15,17-18,20-21,38H,11-12,16,19,22-23H2,1-10H3,(H,39,41,43). The highest BCUT2D eigenvalue weighted by Crippen LogP contribution is 2.34. The Morgan fingerprint density at radius 3 is 2.19 bits per heavy atom. The first kappa shape index (κ1) is 35.7. The summed E-state index contributed by atoms with van der Waals surface area (Å²) in [6.45, 7) is 17.8. The molecule has 10 nitrogen and oxygen atoms in total. The van der Waals surface area contributed by atoms with E-state index in [2.05, 4.69) is 64.6 Å². The molecule has 2 aromatic heterocycles. The van der Waals surface area contributed by atoms with Gasteiger partial charge in [0.05, 0.1) is 17.6 Å². The summed E-state index contributed by atoms with van der Waals surface area (Å²) in [4.78, 5) is 35.8. The third-order valence-corrected chi connectivity index (χ3v) is 7.26. The molecular formula is C37H51N5O5. The number of carbonyl (C=O) groups is 2. The molecule has 254 valence electrons. The molecule has 1 amide bonds. The van der Waals surface area contributed by atoms with Gasteiger partial charge in [-0.2, -0.15) is 0 Å². The molecule has 0 spiro atoms. The van der Waals surface area contributed by atoms with Crippen LogP contribution in [0.15, 0.2) is 42.5 Å². The van der Waals surface area contributed by atoms with Crippen LogP contribution in [0.3, 0.4) is 0 Å². The number of aromatic nitrogens is 3. The van der Waals surface area contributed by atoms with E-state index in [1.165, 1.54) is 11.1 Å². The first-order valence-electron chi connectivity index (χ1n) is 16.4. The van der Waals surface area contributed by atoms with Gasteiger partial charge in [0.2, 0.25) is 0 Å². The number of hydrogen-bond donors (Lipinski definition) is 2. The van der Waals surface area contributed by atoms with Crippen molar-refractivity contribution in [3.05, 3.63) is 65.0 Å². The molecule has 0 aliphatic carbocycles. The van der Waals surface area contributed by atoms with Crippen molar-refractivity contribution in [2.24, 2.45) is 0 Å². The Morgan fingerprint density at radius 1 is 0.851 bits per heavy atom. The zero-order valence-corrected chi connectivity index (χ0v) is 29.7. The van der Waals surface area contributed by atoms with Crippen LogP contribution in [0.5, 0.6) is 0 Å². The fourth-order valence-electron chi connectivity index (χ4n) is 5.47. The first-order chi connectivity index (χ1) is 22.0. The van der Waals surface area contributed by atoms with Gasteiger partial charge >= 0.3 is 12.2 Å². The van der Waals surface area contributed by atoms with Crippen molar-refractivity contribution in [3.63, 3.8) is 0 Å². The number of aryl methyl sites for hydroxylation is 1. The van der Waals surface area contributed by atoms with Crippen LogP contribution in [0.2, 0.25) is 0 Å². The summed E-state index contributed by atoms with van der Waals surface area (Å²) >= 11 is 0. The molecule has 0 saturated carbocycles. The number of nitrogens with zero attached hydrogens (tertiary/aromatic N) is 3. The summed E-state index contributed by atoms with van der Waals surface area (Å²) in [7, 11) is 1.94. The van der Waals surface area contributed by atoms with E-state index in [0.717, 1.165) is 48.1 Å². The summed E-state index contributed by atoms with van der Waals surface area (Å²) in [5.41, 5.74) is 3.24. The quantitative estimate of drug-likeness (QED) is 0.157. The number of pyridine rings is 1. The van der Waals surface area contributed by atoms with Crippen LogP contribution in [0.4, 0.5) is 15.4 Å². The van der Waals surface area contributed by atoms with Gasteiger partial charge in [-0.25, -0.2) is 19.6 Å². The number of anilines is 1. The summed E-state index contributed by atoms with van der Waals surface area (Å²) in [6, 6.07) is 14.7. The Morgan fingerprint density at radius 2 is 1.53 bits per heavy atom. The Kier molecular flexibility index (Phi) is 10.8. The normalized spacial score (nSPS) is 12.4. The van der Waals surface area contributed by atoms with Crippen LogP contribution in [0.1, 0.15) is 97.7 Å². The maximum atomic E-state index is 13.0. The predicted octanol–water partition coefficient (Wildman–Crippen LogP) is 8.31. The molecule has 0 aliphatic rings. The Hall–Kier alpha value is -4.18. The lowest BCUT2D eigenvalue weighted by atomic mass is 10.0. The largest absolute Gasteiger partial charge is 0.509 e. The second-order valence-corrected chi connectivity index (χ2v) is 14.7. The summed E-state index contributed by atoms with van der Waals surface area (Å²) in [6.07, 6.45) is 1.96. The number of amides is 1. The van der Waals surface area contributed by atoms with Gasteiger partial charge in [-0.1, -0.05) is 49.7 Å². The summed E-state index contributed by atoms with van der Waals surface area (Å²) in [5, 5.41) is 6.97. The van der Waals surface area contributed by atoms with Crippen LogP contribution in [-0.4, -0.2) is 50.6 Å². The smallest absolute Gasteiger partial charge is 0.444 e. The average molecular weight is 646 g/mol. The van der Waals surface area contributed by atoms with Gasteiger partial charge in [0, 0.05) is 18.4 Å². The lowest BCUT2D eigenvalue weighted by Crippen LogP contribution is -2.36. The number of carbonyl (C=O) groups excluding carboxylic acids is 2. The number of rotatable bonds is 11. The Balaban J connectivity index is 1.86. The lowest BCUT2D eigenvalue weighted by Gasteiger charge is -2.28. The highest BCUT2D eigenvalue weighted by Gasteiger charge is 2.31. The van der Waals surface area contributed by atoms with Gasteiger partial charge in [-0.05, 0) is 98.0 Å². The topological polar surface area (TPSA) is 117 Å². The number of fused-ring (bicyclic) bond motifs is 3. The third-order valence-electron chi connectivity index (χ3n) is 7.26. The monoisotopic (exact) mass is 645 g/mol. The molecule has 2 N–H and O–H groups in total. The van der Waals surface area contributed by atoms with Crippen molar-refractivity contribution in [3.8, 4) is 0 Å². The maximum Gasteiger partial charge on any atom is 0.509 e. The summed E-state index contributed by atoms with van der Waals surface area (Å²) < 4.78 is 19.0. The lowest BCUT2D eigenvalue weighted by molar-refractivity contribution is -0.0581. The van der Waals surface area contributed by atoms with E-state index in [9.17, 15) is 9.59 Å². The van der Waals surface area contributed by atoms with E-state index >= 15 is 0 Å². The zero-order valence-electron chi connectivity index (χ0n) is 29.7. The van der Waals surface area contributed by atoms with Crippen molar-refractivity contribution in [2.45, 2.75) is 118 Å². The molecule has 4 rings (SSSR count). The number of ether oxygens (including phenoxy) is 3. The van der Waals surface area contributed by atoms with Crippen molar-refractivity contribution < 1.29 is 23.8 Å². The van der Waals surface area contributed by atoms with E-state index < -0.39 is 29.1 Å². The van der Waals surface area contributed by atoms with Crippen molar-refractivity contribution in [1.29, 1.82) is 0 Å². The second-order valence-electron chi connectivity index (χ2n) is 14.7. The third kappa shape index (κ3) is 9.91. The number of unbranched alkanes of at least 4 members (excludes halogenated alkanes) is 1. The summed E-state index contributed by atoms with van der Waals surface area (Å²) in [5.74, 6) is 1.13. The van der Waals surface area contributed by atoms with E-state index in [1.54, 1.807) is 20.8 Å². The molecule has 0 radical (unpaired) electrons. The van der Waals surface area contributed by atoms with Gasteiger partial charge in [-0.3, -0.25) is 5.32 Å². The minimum Gasteiger partial charge on any atom is -0.444 e. The van der Waals surface area contributed by atoms with Crippen molar-refractivity contribution >= 4 is 40.0 Å². The molecule has 10 heteroatoms. The van der Waals surface area contributed by atoms with Crippen LogP contribution < -0.4 is 10.6 Å². The molecule has 2 aromatic carbocycles. The first-order valence-corrected chi connectivity index (χ1v) is 16.4. The molecule has 0 atom stereocenters. The van der Waals surface area contributed by atoms with Gasteiger partial charge in [-0.15, -0.1) is 0 Å². The van der Waals surface area contributed by atoms with Gasteiger partial charge < -0.3 is 24.1 Å². The van der Waals surface area contributed by atoms with E-state index in [-0.39, 0.29) is 0 Å². The number of nitrogens with one attached hydrogen (secondary N) is 2. The van der Waals surface area contributed by atoms with Crippen LogP contribution in [0, 0.1) is 0 Å². The molecule has 0 bridgehead atoms. The van der Waals surface area contributed by atoms with Crippen LogP contribution in [0.25, 0.3) is 21.9 Å². The van der Waals surface area contributed by atoms with E-state index in [0.29, 0.717) is 29.8 Å². The average Bonchev–Trinajstić information content (AvgIpc) is 3.27. The van der Waals surface area contributed by atoms with Crippen LogP contribution >= 0.6 is 0 Å². The van der Waals surface area contributed by atoms with Gasteiger partial charge in [0.1, 0.15) is 28.1 Å². The van der Waals surface area contributed by atoms with E-state index in [1.807, 2.05) is 41.7 Å². The molecule has 0 aliphatic heterocycles. The number of imidazole rings is 1. The maximum absolute atomic E-state index is 13.0. The molecule has 0 unspecified atom stereocenters. The minimum atomic E-state index is -0.941. The number of benzene rings is 2. The highest BCUT2D eigenvalue weighted by atomic mass is 16.7. The fraction of sp³-hybridized carbons (Fsp3) is 0.514. The van der Waals surface area contributed by atoms with Gasteiger partial charge in [0.15, 0.2) is 5.82 Å². The van der Waals surface area contributed by atoms with Crippen molar-refractivity contribution in [1.82, 2.24) is 19.9 Å². The fourth-order valence-corrected chi connectivity index (χ4v) is 5.47.